The maximum absolute atomic E-state index is 9.97. The van der Waals surface area contributed by atoms with Gasteiger partial charge in [0.25, 0.3) is 0 Å². The van der Waals surface area contributed by atoms with Crippen LogP contribution < -0.4 is 0 Å². The van der Waals surface area contributed by atoms with Crippen LogP contribution in [0.1, 0.15) is 66.0 Å². The highest BCUT2D eigenvalue weighted by Crippen LogP contribution is 2.45. The molecule has 1 aliphatic heterocycles. The summed E-state index contributed by atoms with van der Waals surface area (Å²) in [6, 6.07) is 13.6. The van der Waals surface area contributed by atoms with Crippen LogP contribution in [0.5, 0.6) is 0 Å². The molecule has 0 radical (unpaired) electrons. The second-order valence-electron chi connectivity index (χ2n) is 8.85. The third-order valence-corrected chi connectivity index (χ3v) is 5.80. The van der Waals surface area contributed by atoms with Gasteiger partial charge in [-0.05, 0) is 42.1 Å². The predicted molar refractivity (Wildman–Crippen MR) is 101 cm³/mol. The Morgan fingerprint density at radius 3 is 2.33 bits per heavy atom. The summed E-state index contributed by atoms with van der Waals surface area (Å²) in [7, 11) is 0. The van der Waals surface area contributed by atoms with Crippen LogP contribution in [0, 0.1) is 34.5 Å². The Morgan fingerprint density at radius 1 is 1.21 bits per heavy atom. The van der Waals surface area contributed by atoms with Crippen molar-refractivity contribution in [1.82, 2.24) is 4.90 Å². The van der Waals surface area contributed by atoms with Crippen molar-refractivity contribution < 1.29 is 0 Å². The molecule has 2 heteroatoms. The topological polar surface area (TPSA) is 27.0 Å². The highest BCUT2D eigenvalue weighted by Gasteiger charge is 2.46. The quantitative estimate of drug-likeness (QED) is 0.697. The zero-order chi connectivity index (χ0) is 17.9. The van der Waals surface area contributed by atoms with Crippen LogP contribution in [0.2, 0.25) is 0 Å². The summed E-state index contributed by atoms with van der Waals surface area (Å²) in [6.07, 6.45) is 2.34. The summed E-state index contributed by atoms with van der Waals surface area (Å²) >= 11 is 0. The molecule has 5 unspecified atom stereocenters. The van der Waals surface area contributed by atoms with Crippen LogP contribution in [0.15, 0.2) is 30.3 Å². The molecule has 1 heterocycles. The van der Waals surface area contributed by atoms with E-state index in [-0.39, 0.29) is 6.04 Å². The van der Waals surface area contributed by atoms with Gasteiger partial charge in [0.15, 0.2) is 0 Å². The lowest BCUT2D eigenvalue weighted by molar-refractivity contribution is 0.185. The first kappa shape index (κ1) is 19.0. The van der Waals surface area contributed by atoms with E-state index in [4.69, 9.17) is 0 Å². The molecule has 0 aliphatic carbocycles. The molecule has 0 N–H and O–H groups in total. The Bertz CT molecular complexity index is 552. The Hall–Kier alpha value is -1.33. The van der Waals surface area contributed by atoms with Crippen LogP contribution in [0.3, 0.4) is 0 Å². The van der Waals surface area contributed by atoms with Crippen molar-refractivity contribution in [2.45, 2.75) is 66.5 Å². The van der Waals surface area contributed by atoms with Crippen molar-refractivity contribution in [3.8, 4) is 6.07 Å². The van der Waals surface area contributed by atoms with Crippen molar-refractivity contribution in [1.29, 1.82) is 5.26 Å². The third kappa shape index (κ3) is 4.19. The SMILES string of the molecule is CCC(C)C1C(CC(C)(C)C)CN(C(C)c2ccccc2)C1C#N. The fraction of sp³-hybridized carbons (Fsp3) is 0.682. The molecule has 2 nitrogen and oxygen atoms in total. The first-order chi connectivity index (χ1) is 11.3. The molecule has 1 fully saturated rings. The van der Waals surface area contributed by atoms with Crippen molar-refractivity contribution in [3.63, 3.8) is 0 Å². The number of hydrogen-bond donors (Lipinski definition) is 0. The first-order valence-corrected chi connectivity index (χ1v) is 9.48. The van der Waals surface area contributed by atoms with Gasteiger partial charge in [0, 0.05) is 12.6 Å². The summed E-state index contributed by atoms with van der Waals surface area (Å²) in [5, 5.41) is 9.97. The largest absolute Gasteiger partial charge is 0.281 e. The number of nitriles is 1. The van der Waals surface area contributed by atoms with E-state index in [2.05, 4.69) is 82.8 Å². The van der Waals surface area contributed by atoms with E-state index in [9.17, 15) is 5.26 Å². The monoisotopic (exact) mass is 326 g/mol. The Kier molecular flexibility index (Phi) is 6.10. The van der Waals surface area contributed by atoms with Crippen molar-refractivity contribution >= 4 is 0 Å². The van der Waals surface area contributed by atoms with E-state index in [0.29, 0.717) is 29.2 Å². The summed E-state index contributed by atoms with van der Waals surface area (Å²) in [5.41, 5.74) is 1.62. The molecule has 5 atom stereocenters. The molecular formula is C22H34N2. The fourth-order valence-electron chi connectivity index (χ4n) is 4.50. The Morgan fingerprint density at radius 2 is 1.83 bits per heavy atom. The molecule has 2 rings (SSSR count). The van der Waals surface area contributed by atoms with Crippen LogP contribution in [0.4, 0.5) is 0 Å². The van der Waals surface area contributed by atoms with Gasteiger partial charge in [-0.1, -0.05) is 71.4 Å². The lowest BCUT2D eigenvalue weighted by Crippen LogP contribution is -2.35. The van der Waals surface area contributed by atoms with E-state index in [1.54, 1.807) is 0 Å². The maximum atomic E-state index is 9.97. The normalized spacial score (nSPS) is 27.6. The van der Waals surface area contributed by atoms with Crippen LogP contribution in [0.25, 0.3) is 0 Å². The Labute approximate surface area is 148 Å². The van der Waals surface area contributed by atoms with E-state index in [1.807, 2.05) is 0 Å². The van der Waals surface area contributed by atoms with E-state index >= 15 is 0 Å². The lowest BCUT2D eigenvalue weighted by Gasteiger charge is -2.32. The molecule has 132 valence electrons. The number of rotatable bonds is 5. The van der Waals surface area contributed by atoms with E-state index < -0.39 is 0 Å². The van der Waals surface area contributed by atoms with Crippen LogP contribution in [-0.2, 0) is 0 Å². The standard InChI is InChI=1S/C22H34N2/c1-7-16(2)21-19(13-22(4,5)6)15-24(20(21)14-23)17(3)18-11-9-8-10-12-18/h8-12,16-17,19-21H,7,13,15H2,1-6H3. The molecule has 1 aromatic carbocycles. The van der Waals surface area contributed by atoms with Crippen LogP contribution >= 0.6 is 0 Å². The number of nitrogens with zero attached hydrogens (tertiary/aromatic N) is 2. The van der Waals surface area contributed by atoms with E-state index in [0.717, 1.165) is 13.0 Å². The summed E-state index contributed by atoms with van der Waals surface area (Å²) in [4.78, 5) is 2.46. The fourth-order valence-corrected chi connectivity index (χ4v) is 4.50. The highest BCUT2D eigenvalue weighted by atomic mass is 15.2. The molecule has 0 spiro atoms. The lowest BCUT2D eigenvalue weighted by atomic mass is 9.73. The second kappa shape index (κ2) is 7.70. The van der Waals surface area contributed by atoms with Gasteiger partial charge in [-0.3, -0.25) is 4.90 Å². The molecule has 0 saturated carbocycles. The number of hydrogen-bond acceptors (Lipinski definition) is 2. The number of likely N-dealkylation sites (tertiary alicyclic amines) is 1. The van der Waals surface area contributed by atoms with E-state index in [1.165, 1.54) is 12.0 Å². The highest BCUT2D eigenvalue weighted by molar-refractivity contribution is 5.20. The Balaban J connectivity index is 2.30. The molecule has 1 aromatic rings. The van der Waals surface area contributed by atoms with Gasteiger partial charge in [-0.25, -0.2) is 0 Å². The maximum Gasteiger partial charge on any atom is 0.102 e. The zero-order valence-electron chi connectivity index (χ0n) is 16.3. The molecule has 1 aliphatic rings. The molecule has 0 amide bonds. The average molecular weight is 327 g/mol. The minimum absolute atomic E-state index is 0.0301. The summed E-state index contributed by atoms with van der Waals surface area (Å²) < 4.78 is 0. The molecular weight excluding hydrogens is 292 g/mol. The number of benzene rings is 1. The molecule has 0 aromatic heterocycles. The minimum atomic E-state index is 0.0301. The van der Waals surface area contributed by atoms with Gasteiger partial charge in [0.2, 0.25) is 0 Å². The average Bonchev–Trinajstić information content (AvgIpc) is 2.90. The first-order valence-electron chi connectivity index (χ1n) is 9.48. The summed E-state index contributed by atoms with van der Waals surface area (Å²) in [6.45, 7) is 14.9. The van der Waals surface area contributed by atoms with Gasteiger partial charge in [-0.2, -0.15) is 5.26 Å². The smallest absolute Gasteiger partial charge is 0.102 e. The van der Waals surface area contributed by atoms with Crippen molar-refractivity contribution in [3.05, 3.63) is 35.9 Å². The molecule has 1 saturated heterocycles. The predicted octanol–water partition coefficient (Wildman–Crippen LogP) is 5.67. The van der Waals surface area contributed by atoms with Crippen molar-refractivity contribution in [2.24, 2.45) is 23.2 Å². The zero-order valence-corrected chi connectivity index (χ0v) is 16.3. The minimum Gasteiger partial charge on any atom is -0.281 e. The van der Waals surface area contributed by atoms with Gasteiger partial charge in [-0.15, -0.1) is 0 Å². The molecule has 0 bridgehead atoms. The van der Waals surface area contributed by atoms with Crippen LogP contribution in [-0.4, -0.2) is 17.5 Å². The van der Waals surface area contributed by atoms with Gasteiger partial charge >= 0.3 is 0 Å². The van der Waals surface area contributed by atoms with Gasteiger partial charge in [0.1, 0.15) is 6.04 Å². The second-order valence-corrected chi connectivity index (χ2v) is 8.85. The molecule has 24 heavy (non-hydrogen) atoms. The van der Waals surface area contributed by atoms with Gasteiger partial charge in [0.05, 0.1) is 6.07 Å². The van der Waals surface area contributed by atoms with Gasteiger partial charge < -0.3 is 0 Å². The third-order valence-electron chi connectivity index (χ3n) is 5.80. The summed E-state index contributed by atoms with van der Waals surface area (Å²) in [5.74, 6) is 1.68. The van der Waals surface area contributed by atoms with Crippen molar-refractivity contribution in [2.75, 3.05) is 6.54 Å².